The van der Waals surface area contributed by atoms with E-state index < -0.39 is 42.0 Å². The lowest BCUT2D eigenvalue weighted by Crippen LogP contribution is -2.41. The summed E-state index contributed by atoms with van der Waals surface area (Å²) in [7, 11) is 0. The molecule has 39 heavy (non-hydrogen) atoms. The fraction of sp³-hybridized carbons (Fsp3) is 0.414. The highest BCUT2D eigenvalue weighted by molar-refractivity contribution is 7.22. The summed E-state index contributed by atoms with van der Waals surface area (Å²) in [6, 6.07) is 10.7. The summed E-state index contributed by atoms with van der Waals surface area (Å²) in [6.07, 6.45) is -7.76. The molecule has 0 amide bonds. The summed E-state index contributed by atoms with van der Waals surface area (Å²) >= 11 is 1.12. The van der Waals surface area contributed by atoms with E-state index in [1.807, 2.05) is 6.92 Å². The van der Waals surface area contributed by atoms with Gasteiger partial charge in [-0.3, -0.25) is 0 Å². The number of unbranched alkanes of at least 4 members (excludes halogenated alkanes) is 2. The summed E-state index contributed by atoms with van der Waals surface area (Å²) in [6.45, 7) is 5.25. The van der Waals surface area contributed by atoms with Gasteiger partial charge in [0.05, 0.1) is 5.56 Å². The molecule has 1 heterocycles. The Labute approximate surface area is 226 Å². The normalized spacial score (nSPS) is 19.8. The van der Waals surface area contributed by atoms with Crippen LogP contribution in [0.25, 0.3) is 20.5 Å². The van der Waals surface area contributed by atoms with Crippen LogP contribution in [0, 0.1) is 5.92 Å². The molecule has 1 aliphatic rings. The number of alkyl halides is 6. The molecular formula is C29H28F6O3S. The van der Waals surface area contributed by atoms with Crippen LogP contribution in [0.4, 0.5) is 26.3 Å². The maximum Gasteiger partial charge on any atom is 0.417 e. The standard InChI is InChI=1S/C29H28F6O3S/c1-3-5-6-7-17-8-11-20(21(14-17)28(30,31)32)25-15-18-9-10-19(16-24(18)39-25)37-22-12-13-23(38-26(36)4-2)27(22)29(33,34)35/h4,8-11,14-16,22-23,27H,2-3,5-7,12-13H2,1H3. The van der Waals surface area contributed by atoms with Gasteiger partial charge in [-0.25, -0.2) is 4.79 Å². The van der Waals surface area contributed by atoms with E-state index in [2.05, 4.69) is 6.58 Å². The van der Waals surface area contributed by atoms with Crippen LogP contribution in [-0.4, -0.2) is 24.4 Å². The summed E-state index contributed by atoms with van der Waals surface area (Å²) in [5.41, 5.74) is -0.0204. The zero-order chi connectivity index (χ0) is 28.4. The summed E-state index contributed by atoms with van der Waals surface area (Å²) < 4.78 is 94.6. The Balaban J connectivity index is 1.60. The number of esters is 1. The van der Waals surface area contributed by atoms with Crippen LogP contribution in [0.3, 0.4) is 0 Å². The quantitative estimate of drug-likeness (QED) is 0.111. The maximum atomic E-state index is 14.0. The molecule has 0 saturated heterocycles. The first-order chi connectivity index (χ1) is 18.4. The zero-order valence-corrected chi connectivity index (χ0v) is 22.0. The molecule has 1 saturated carbocycles. The molecule has 0 N–H and O–H groups in total. The molecule has 3 nitrogen and oxygen atoms in total. The first kappa shape index (κ1) is 29.0. The van der Waals surface area contributed by atoms with Crippen molar-refractivity contribution in [2.45, 2.75) is 70.0 Å². The molecule has 3 atom stereocenters. The Morgan fingerprint density at radius 3 is 2.44 bits per heavy atom. The van der Waals surface area contributed by atoms with Gasteiger partial charge in [0.1, 0.15) is 23.9 Å². The Bertz CT molecular complexity index is 1330. The number of ether oxygens (including phenoxy) is 2. The number of hydrogen-bond acceptors (Lipinski definition) is 4. The number of carbonyl (C=O) groups excluding carboxylic acids is 1. The average Bonchev–Trinajstić information content (AvgIpc) is 3.47. The molecule has 210 valence electrons. The Hall–Kier alpha value is -3.01. The molecule has 0 aliphatic heterocycles. The van der Waals surface area contributed by atoms with Gasteiger partial charge in [-0.2, -0.15) is 26.3 Å². The maximum absolute atomic E-state index is 14.0. The van der Waals surface area contributed by atoms with Gasteiger partial charge >= 0.3 is 18.3 Å². The van der Waals surface area contributed by atoms with E-state index in [0.29, 0.717) is 26.9 Å². The van der Waals surface area contributed by atoms with Crippen molar-refractivity contribution in [2.75, 3.05) is 0 Å². The van der Waals surface area contributed by atoms with Gasteiger partial charge in [0.25, 0.3) is 0 Å². The van der Waals surface area contributed by atoms with Gasteiger partial charge in [-0.1, -0.05) is 38.5 Å². The Morgan fingerprint density at radius 1 is 1.03 bits per heavy atom. The van der Waals surface area contributed by atoms with E-state index in [1.165, 1.54) is 24.3 Å². The second-order valence-corrected chi connectivity index (χ2v) is 10.7. The summed E-state index contributed by atoms with van der Waals surface area (Å²) in [4.78, 5) is 11.9. The fourth-order valence-electron chi connectivity index (χ4n) is 4.98. The van der Waals surface area contributed by atoms with E-state index in [0.717, 1.165) is 36.7 Å². The third kappa shape index (κ3) is 6.77. The van der Waals surface area contributed by atoms with E-state index in [-0.39, 0.29) is 24.2 Å². The highest BCUT2D eigenvalue weighted by Crippen LogP contribution is 2.45. The number of benzene rings is 2. The van der Waals surface area contributed by atoms with Crippen molar-refractivity contribution in [3.05, 3.63) is 66.2 Å². The topological polar surface area (TPSA) is 35.5 Å². The van der Waals surface area contributed by atoms with Crippen LogP contribution in [0.1, 0.15) is 50.2 Å². The SMILES string of the molecule is C=CC(=O)OC1CCC(Oc2ccc3cc(-c4ccc(CCCCC)cc4C(F)(F)F)sc3c2)C1C(F)(F)F. The Morgan fingerprint density at radius 2 is 1.77 bits per heavy atom. The third-order valence-electron chi connectivity index (χ3n) is 6.85. The van der Waals surface area contributed by atoms with Crippen LogP contribution in [0.15, 0.2) is 55.1 Å². The second kappa shape index (κ2) is 11.6. The molecule has 0 spiro atoms. The van der Waals surface area contributed by atoms with Crippen LogP contribution >= 0.6 is 11.3 Å². The number of aryl methyl sites for hydroxylation is 1. The number of hydrogen-bond donors (Lipinski definition) is 0. The van der Waals surface area contributed by atoms with Gasteiger partial charge in [0, 0.05) is 21.2 Å². The molecule has 1 aromatic heterocycles. The second-order valence-electron chi connectivity index (χ2n) is 9.63. The highest BCUT2D eigenvalue weighted by Gasteiger charge is 2.55. The minimum absolute atomic E-state index is 0.0194. The van der Waals surface area contributed by atoms with E-state index in [1.54, 1.807) is 18.2 Å². The molecule has 1 aliphatic carbocycles. The Kier molecular flexibility index (Phi) is 8.63. The first-order valence-corrected chi connectivity index (χ1v) is 13.5. The van der Waals surface area contributed by atoms with Crippen LogP contribution < -0.4 is 4.74 Å². The van der Waals surface area contributed by atoms with Crippen LogP contribution in [0.5, 0.6) is 5.75 Å². The van der Waals surface area contributed by atoms with Crippen LogP contribution in [-0.2, 0) is 22.1 Å². The van der Waals surface area contributed by atoms with Crippen molar-refractivity contribution in [2.24, 2.45) is 5.92 Å². The molecule has 4 rings (SSSR count). The molecule has 1 fully saturated rings. The largest absolute Gasteiger partial charge is 0.490 e. The molecule has 0 radical (unpaired) electrons. The van der Waals surface area contributed by atoms with Gasteiger partial charge in [-0.15, -0.1) is 11.3 Å². The van der Waals surface area contributed by atoms with E-state index in [9.17, 15) is 31.1 Å². The lowest BCUT2D eigenvalue weighted by Gasteiger charge is -2.27. The van der Waals surface area contributed by atoms with Crippen LogP contribution in [0.2, 0.25) is 0 Å². The van der Waals surface area contributed by atoms with Gasteiger partial charge in [0.2, 0.25) is 0 Å². The fourth-order valence-corrected chi connectivity index (χ4v) is 6.11. The van der Waals surface area contributed by atoms with Crippen molar-refractivity contribution in [1.29, 1.82) is 0 Å². The zero-order valence-electron chi connectivity index (χ0n) is 21.2. The van der Waals surface area contributed by atoms with Gasteiger partial charge in [0.15, 0.2) is 0 Å². The molecule has 3 aromatic rings. The molecule has 0 bridgehead atoms. The minimum atomic E-state index is -4.66. The first-order valence-electron chi connectivity index (χ1n) is 12.7. The lowest BCUT2D eigenvalue weighted by atomic mass is 9.98. The van der Waals surface area contributed by atoms with Crippen molar-refractivity contribution >= 4 is 27.4 Å². The molecular weight excluding hydrogens is 542 g/mol. The predicted octanol–water partition coefficient (Wildman–Crippen LogP) is 9.14. The molecule has 10 heteroatoms. The number of halogens is 6. The third-order valence-corrected chi connectivity index (χ3v) is 7.98. The molecule has 2 aromatic carbocycles. The minimum Gasteiger partial charge on any atom is -0.490 e. The van der Waals surface area contributed by atoms with Crippen molar-refractivity contribution in [3.8, 4) is 16.2 Å². The van der Waals surface area contributed by atoms with Gasteiger partial charge < -0.3 is 9.47 Å². The predicted molar refractivity (Wildman–Crippen MR) is 139 cm³/mol. The van der Waals surface area contributed by atoms with E-state index in [4.69, 9.17) is 9.47 Å². The number of thiophene rings is 1. The number of carbonyl (C=O) groups is 1. The van der Waals surface area contributed by atoms with Crippen molar-refractivity contribution in [1.82, 2.24) is 0 Å². The number of fused-ring (bicyclic) bond motifs is 1. The molecule has 3 unspecified atom stereocenters. The van der Waals surface area contributed by atoms with E-state index >= 15 is 0 Å². The lowest BCUT2D eigenvalue weighted by molar-refractivity contribution is -0.214. The average molecular weight is 571 g/mol. The monoisotopic (exact) mass is 570 g/mol. The van der Waals surface area contributed by atoms with Gasteiger partial charge in [-0.05, 0) is 67.0 Å². The van der Waals surface area contributed by atoms with Crippen molar-refractivity contribution < 1.29 is 40.6 Å². The summed E-state index contributed by atoms with van der Waals surface area (Å²) in [5.74, 6) is -2.79. The smallest absolute Gasteiger partial charge is 0.417 e. The number of rotatable bonds is 9. The highest BCUT2D eigenvalue weighted by atomic mass is 32.1. The van der Waals surface area contributed by atoms with Crippen molar-refractivity contribution in [3.63, 3.8) is 0 Å². The summed E-state index contributed by atoms with van der Waals surface area (Å²) in [5, 5.41) is 0.652.